The molecule has 1 aromatic carbocycles. The highest BCUT2D eigenvalue weighted by Gasteiger charge is 2.06. The van der Waals surface area contributed by atoms with Crippen LogP contribution in [0, 0.1) is 11.3 Å². The molecule has 0 spiro atoms. The lowest BCUT2D eigenvalue weighted by molar-refractivity contribution is 0.766. The first-order valence-electron chi connectivity index (χ1n) is 4.66. The van der Waals surface area contributed by atoms with Crippen molar-refractivity contribution in [1.82, 2.24) is 9.78 Å². The van der Waals surface area contributed by atoms with Crippen molar-refractivity contribution in [2.24, 2.45) is 7.05 Å². The Morgan fingerprint density at radius 1 is 1.50 bits per heavy atom. The van der Waals surface area contributed by atoms with Crippen molar-refractivity contribution in [1.29, 1.82) is 5.26 Å². The van der Waals surface area contributed by atoms with Crippen LogP contribution >= 0.6 is 11.8 Å². The highest BCUT2D eigenvalue weighted by molar-refractivity contribution is 7.99. The first-order valence-corrected chi connectivity index (χ1v) is 5.47. The van der Waals surface area contributed by atoms with Crippen molar-refractivity contribution in [3.63, 3.8) is 0 Å². The maximum Gasteiger partial charge on any atom is 0.101 e. The highest BCUT2D eigenvalue weighted by Crippen LogP contribution is 2.32. The zero-order valence-corrected chi connectivity index (χ0v) is 9.53. The summed E-state index contributed by atoms with van der Waals surface area (Å²) in [6.45, 7) is 0. The van der Waals surface area contributed by atoms with Crippen LogP contribution < -0.4 is 5.73 Å². The lowest BCUT2D eigenvalue weighted by Crippen LogP contribution is -1.92. The monoisotopic (exact) mass is 230 g/mol. The number of anilines is 1. The van der Waals surface area contributed by atoms with Gasteiger partial charge in [0.2, 0.25) is 0 Å². The van der Waals surface area contributed by atoms with E-state index in [9.17, 15) is 0 Å². The van der Waals surface area contributed by atoms with Gasteiger partial charge in [0.15, 0.2) is 0 Å². The summed E-state index contributed by atoms with van der Waals surface area (Å²) < 4.78 is 1.73. The fraction of sp³-hybridized carbons (Fsp3) is 0.0909. The molecule has 2 aromatic rings. The van der Waals surface area contributed by atoms with Crippen LogP contribution in [0.1, 0.15) is 5.56 Å². The molecule has 0 unspecified atom stereocenters. The molecule has 0 saturated carbocycles. The number of aromatic nitrogens is 2. The second kappa shape index (κ2) is 4.29. The van der Waals surface area contributed by atoms with Crippen molar-refractivity contribution < 1.29 is 0 Å². The van der Waals surface area contributed by atoms with Crippen LogP contribution in [0.25, 0.3) is 0 Å². The van der Waals surface area contributed by atoms with E-state index < -0.39 is 0 Å². The minimum atomic E-state index is 0.508. The molecule has 0 aliphatic heterocycles. The molecule has 16 heavy (non-hydrogen) atoms. The summed E-state index contributed by atoms with van der Waals surface area (Å²) in [5.74, 6) is 0. The van der Waals surface area contributed by atoms with Crippen molar-refractivity contribution in [2.75, 3.05) is 5.73 Å². The Bertz CT molecular complexity index is 553. The Morgan fingerprint density at radius 2 is 2.31 bits per heavy atom. The standard InChI is InChI=1S/C11H10N4S/c1-15-7-9(6-14-15)16-10-4-2-3-8(5-12)11(10)13/h2-4,6-7H,13H2,1H3. The summed E-state index contributed by atoms with van der Waals surface area (Å²) in [6.07, 6.45) is 3.67. The Kier molecular flexibility index (Phi) is 2.84. The van der Waals surface area contributed by atoms with E-state index in [4.69, 9.17) is 11.0 Å². The smallest absolute Gasteiger partial charge is 0.101 e. The van der Waals surface area contributed by atoms with Crippen LogP contribution in [0.3, 0.4) is 0 Å². The third-order valence-corrected chi connectivity index (χ3v) is 3.12. The Balaban J connectivity index is 2.32. The second-order valence-corrected chi connectivity index (χ2v) is 4.40. The van der Waals surface area contributed by atoms with Gasteiger partial charge in [-0.2, -0.15) is 10.4 Å². The number of nitrogen functional groups attached to an aromatic ring is 1. The van der Waals surface area contributed by atoms with Gasteiger partial charge in [-0.25, -0.2) is 0 Å². The van der Waals surface area contributed by atoms with E-state index in [0.717, 1.165) is 9.79 Å². The van der Waals surface area contributed by atoms with Crippen molar-refractivity contribution in [3.8, 4) is 6.07 Å². The van der Waals surface area contributed by atoms with Gasteiger partial charge in [-0.15, -0.1) is 0 Å². The number of nitrogens with two attached hydrogens (primary N) is 1. The number of rotatable bonds is 2. The number of hydrogen-bond acceptors (Lipinski definition) is 4. The van der Waals surface area contributed by atoms with Crippen molar-refractivity contribution in [2.45, 2.75) is 9.79 Å². The number of benzene rings is 1. The number of aryl methyl sites for hydroxylation is 1. The lowest BCUT2D eigenvalue weighted by atomic mass is 10.2. The average molecular weight is 230 g/mol. The predicted octanol–water partition coefficient (Wildman–Crippen LogP) is 2.03. The molecule has 0 atom stereocenters. The normalized spacial score (nSPS) is 10.0. The molecule has 0 radical (unpaired) electrons. The predicted molar refractivity (Wildman–Crippen MR) is 62.9 cm³/mol. The van der Waals surface area contributed by atoms with E-state index in [2.05, 4.69) is 11.2 Å². The molecular formula is C11H10N4S. The van der Waals surface area contributed by atoms with Crippen LogP contribution in [0.2, 0.25) is 0 Å². The molecule has 1 heterocycles. The van der Waals surface area contributed by atoms with Crippen molar-refractivity contribution >= 4 is 17.4 Å². The molecule has 0 fully saturated rings. The van der Waals surface area contributed by atoms with Gasteiger partial charge in [-0.3, -0.25) is 4.68 Å². The largest absolute Gasteiger partial charge is 0.397 e. The van der Waals surface area contributed by atoms with Gasteiger partial charge in [0.25, 0.3) is 0 Å². The zero-order valence-electron chi connectivity index (χ0n) is 8.71. The van der Waals surface area contributed by atoms with E-state index in [1.165, 1.54) is 11.8 Å². The summed E-state index contributed by atoms with van der Waals surface area (Å²) >= 11 is 1.51. The van der Waals surface area contributed by atoms with Gasteiger partial charge in [0.05, 0.1) is 22.3 Å². The van der Waals surface area contributed by atoms with Crippen LogP contribution in [-0.4, -0.2) is 9.78 Å². The number of para-hydroxylation sites is 1. The van der Waals surface area contributed by atoms with Gasteiger partial charge < -0.3 is 5.73 Å². The van der Waals surface area contributed by atoms with E-state index in [1.807, 2.05) is 25.4 Å². The second-order valence-electron chi connectivity index (χ2n) is 3.28. The van der Waals surface area contributed by atoms with E-state index >= 15 is 0 Å². The minimum absolute atomic E-state index is 0.508. The fourth-order valence-corrected chi connectivity index (χ4v) is 2.23. The maximum absolute atomic E-state index is 8.86. The molecule has 0 aliphatic carbocycles. The molecular weight excluding hydrogens is 220 g/mol. The molecule has 0 amide bonds. The molecule has 2 N–H and O–H groups in total. The van der Waals surface area contributed by atoms with Crippen LogP contribution in [-0.2, 0) is 7.05 Å². The van der Waals surface area contributed by atoms with E-state index in [1.54, 1.807) is 16.9 Å². The summed E-state index contributed by atoms with van der Waals surface area (Å²) in [5, 5.41) is 12.9. The topological polar surface area (TPSA) is 67.6 Å². The zero-order chi connectivity index (χ0) is 11.5. The molecule has 5 heteroatoms. The Hall–Kier alpha value is -1.93. The summed E-state index contributed by atoms with van der Waals surface area (Å²) in [6, 6.07) is 7.50. The Morgan fingerprint density at radius 3 is 2.94 bits per heavy atom. The summed E-state index contributed by atoms with van der Waals surface area (Å²) in [7, 11) is 1.86. The minimum Gasteiger partial charge on any atom is -0.397 e. The van der Waals surface area contributed by atoms with Crippen LogP contribution in [0.5, 0.6) is 0 Å². The SMILES string of the molecule is Cn1cc(Sc2cccc(C#N)c2N)cn1. The van der Waals surface area contributed by atoms with Gasteiger partial charge >= 0.3 is 0 Å². The third-order valence-electron chi connectivity index (χ3n) is 2.10. The lowest BCUT2D eigenvalue weighted by Gasteiger charge is -2.04. The van der Waals surface area contributed by atoms with Gasteiger partial charge in [0.1, 0.15) is 6.07 Å². The van der Waals surface area contributed by atoms with Crippen LogP contribution in [0.4, 0.5) is 5.69 Å². The Labute approximate surface area is 97.7 Å². The number of nitriles is 1. The average Bonchev–Trinajstić information content (AvgIpc) is 2.67. The van der Waals surface area contributed by atoms with E-state index in [0.29, 0.717) is 11.3 Å². The molecule has 0 saturated heterocycles. The number of nitrogens with zero attached hydrogens (tertiary/aromatic N) is 3. The molecule has 80 valence electrons. The third kappa shape index (κ3) is 2.02. The molecule has 0 aliphatic rings. The summed E-state index contributed by atoms with van der Waals surface area (Å²) in [5.41, 5.74) is 6.91. The highest BCUT2D eigenvalue weighted by atomic mass is 32.2. The fourth-order valence-electron chi connectivity index (χ4n) is 1.31. The van der Waals surface area contributed by atoms with Gasteiger partial charge in [-0.05, 0) is 12.1 Å². The van der Waals surface area contributed by atoms with Crippen LogP contribution in [0.15, 0.2) is 40.4 Å². The maximum atomic E-state index is 8.86. The first kappa shape index (κ1) is 10.6. The quantitative estimate of drug-likeness (QED) is 0.801. The van der Waals surface area contributed by atoms with Crippen molar-refractivity contribution in [3.05, 3.63) is 36.2 Å². The molecule has 1 aromatic heterocycles. The summed E-state index contributed by atoms with van der Waals surface area (Å²) in [4.78, 5) is 1.89. The van der Waals surface area contributed by atoms with Gasteiger partial charge in [-0.1, -0.05) is 17.8 Å². The number of hydrogen-bond donors (Lipinski definition) is 1. The first-order chi connectivity index (χ1) is 7.70. The van der Waals surface area contributed by atoms with E-state index in [-0.39, 0.29) is 0 Å². The molecule has 0 bridgehead atoms. The molecule has 4 nitrogen and oxygen atoms in total. The molecule has 2 rings (SSSR count). The van der Waals surface area contributed by atoms with Gasteiger partial charge in [0, 0.05) is 18.1 Å².